The number of carbonyl (C=O) groups is 1. The maximum Gasteiger partial charge on any atom is 0.356 e. The van der Waals surface area contributed by atoms with Crippen molar-refractivity contribution < 1.29 is 9.90 Å². The van der Waals surface area contributed by atoms with Gasteiger partial charge in [-0.15, -0.1) is 0 Å². The summed E-state index contributed by atoms with van der Waals surface area (Å²) in [7, 11) is 1.73. The molecule has 3 aromatic rings. The van der Waals surface area contributed by atoms with Crippen molar-refractivity contribution in [1.82, 2.24) is 14.5 Å². The Balaban J connectivity index is 1.60. The summed E-state index contributed by atoms with van der Waals surface area (Å²) in [5, 5.41) is 13.6. The Labute approximate surface area is 193 Å². The van der Waals surface area contributed by atoms with E-state index in [0.717, 1.165) is 13.1 Å². The second kappa shape index (κ2) is 7.64. The predicted octanol–water partition coefficient (Wildman–Crippen LogP) is 3.96. The summed E-state index contributed by atoms with van der Waals surface area (Å²) in [6, 6.07) is 6.06. The molecule has 2 aromatic heterocycles. The van der Waals surface area contributed by atoms with Crippen LogP contribution in [0.1, 0.15) is 35.4 Å². The first-order valence-corrected chi connectivity index (χ1v) is 11.1. The number of benzene rings is 1. The van der Waals surface area contributed by atoms with Gasteiger partial charge in [0.2, 0.25) is 5.95 Å². The summed E-state index contributed by atoms with van der Waals surface area (Å²) in [4.78, 5) is 35.8. The molecule has 1 aliphatic heterocycles. The van der Waals surface area contributed by atoms with Crippen LogP contribution >= 0.6 is 23.2 Å². The van der Waals surface area contributed by atoms with E-state index >= 15 is 0 Å². The van der Waals surface area contributed by atoms with E-state index < -0.39 is 12.0 Å². The average molecular weight is 474 g/mol. The van der Waals surface area contributed by atoms with Crippen molar-refractivity contribution in [3.63, 3.8) is 0 Å². The molecule has 1 aromatic carbocycles. The lowest BCUT2D eigenvalue weighted by molar-refractivity contribution is 0.0691. The van der Waals surface area contributed by atoms with Gasteiger partial charge in [0, 0.05) is 30.7 Å². The molecule has 2 aliphatic rings. The zero-order valence-corrected chi connectivity index (χ0v) is 19.0. The summed E-state index contributed by atoms with van der Waals surface area (Å²) in [6.07, 6.45) is 1.25. The van der Waals surface area contributed by atoms with Crippen LogP contribution in [0.2, 0.25) is 10.2 Å². The molecule has 166 valence electrons. The number of fused-ring (bicyclic) bond motifs is 2. The average Bonchev–Trinajstić information content (AvgIpc) is 3.36. The number of nitrogens with one attached hydrogen (secondary N) is 1. The Morgan fingerprint density at radius 3 is 2.62 bits per heavy atom. The summed E-state index contributed by atoms with van der Waals surface area (Å²) in [5.41, 5.74) is 1.21. The molecule has 0 radical (unpaired) electrons. The molecule has 32 heavy (non-hydrogen) atoms. The highest BCUT2D eigenvalue weighted by Gasteiger charge is 2.46. The lowest BCUT2D eigenvalue weighted by Gasteiger charge is -2.24. The third kappa shape index (κ3) is 3.57. The number of halogens is 2. The number of aromatic nitrogens is 3. The molecule has 2 N–H and O–H groups in total. The van der Waals surface area contributed by atoms with Crippen molar-refractivity contribution >= 4 is 51.7 Å². The molecule has 0 bridgehead atoms. The van der Waals surface area contributed by atoms with E-state index in [2.05, 4.69) is 15.2 Å². The number of rotatable bonds is 5. The minimum atomic E-state index is -1.19. The summed E-state index contributed by atoms with van der Waals surface area (Å²) >= 11 is 12.2. The second-order valence-corrected chi connectivity index (χ2v) is 9.35. The Morgan fingerprint density at radius 2 is 1.94 bits per heavy atom. The largest absolute Gasteiger partial charge is 0.476 e. The van der Waals surface area contributed by atoms with Crippen LogP contribution < -0.4 is 15.8 Å². The van der Waals surface area contributed by atoms with Crippen molar-refractivity contribution in [2.45, 2.75) is 19.4 Å². The van der Waals surface area contributed by atoms with Crippen molar-refractivity contribution in [1.29, 1.82) is 0 Å². The predicted molar refractivity (Wildman–Crippen MR) is 124 cm³/mol. The number of hydrogen-bond acceptors (Lipinski definition) is 6. The Hall–Kier alpha value is -2.84. The fraction of sp³-hybridized carbons (Fsp3) is 0.364. The number of carboxylic acid groups (broad SMARTS) is 1. The molecule has 3 atom stereocenters. The number of nitrogens with zero attached hydrogens (tertiary/aromatic N) is 4. The van der Waals surface area contributed by atoms with E-state index in [4.69, 9.17) is 28.2 Å². The van der Waals surface area contributed by atoms with E-state index in [0.29, 0.717) is 45.0 Å². The van der Waals surface area contributed by atoms with Crippen LogP contribution in [0.3, 0.4) is 0 Å². The third-order valence-electron chi connectivity index (χ3n) is 6.32. The third-order valence-corrected chi connectivity index (χ3v) is 6.74. The van der Waals surface area contributed by atoms with E-state index in [9.17, 15) is 14.7 Å². The smallest absolute Gasteiger partial charge is 0.356 e. The van der Waals surface area contributed by atoms with E-state index in [1.807, 2.05) is 6.92 Å². The molecular formula is C22H21Cl2N5O3. The molecule has 2 fully saturated rings. The minimum absolute atomic E-state index is 0.0901. The first-order valence-electron chi connectivity index (χ1n) is 10.3. The van der Waals surface area contributed by atoms with Crippen LogP contribution in [0.5, 0.6) is 0 Å². The van der Waals surface area contributed by atoms with Crippen LogP contribution in [0, 0.1) is 11.8 Å². The number of anilines is 2. The number of pyridine rings is 1. The lowest BCUT2D eigenvalue weighted by atomic mass is 10.0. The monoisotopic (exact) mass is 473 g/mol. The molecule has 0 spiro atoms. The van der Waals surface area contributed by atoms with Gasteiger partial charge in [-0.1, -0.05) is 23.2 Å². The Bertz CT molecular complexity index is 1320. The van der Waals surface area contributed by atoms with Gasteiger partial charge in [0.25, 0.3) is 5.56 Å². The van der Waals surface area contributed by atoms with Crippen molar-refractivity contribution in [2.24, 2.45) is 18.9 Å². The number of piperidine rings is 1. The van der Waals surface area contributed by atoms with Crippen LogP contribution in [0.4, 0.5) is 11.6 Å². The molecule has 1 aliphatic carbocycles. The highest BCUT2D eigenvalue weighted by Crippen LogP contribution is 2.46. The Kier molecular flexibility index (Phi) is 5.02. The standard InChI is InChI=1S/C22H21Cl2N5O3/c1-10(25-16-3-4-17(24)26-19(16)21(31)32)14-6-13(23)7-15-18(14)27-22(28(2)20(15)30)29-8-11-5-12(11)9-29/h3-4,6-7,10-12,25H,5,8-9H2,1-2H3,(H,31,32). The Morgan fingerprint density at radius 1 is 1.22 bits per heavy atom. The fourth-order valence-electron chi connectivity index (χ4n) is 4.55. The van der Waals surface area contributed by atoms with E-state index in [1.165, 1.54) is 12.5 Å². The topological polar surface area (TPSA) is 100 Å². The van der Waals surface area contributed by atoms with Gasteiger partial charge >= 0.3 is 5.97 Å². The van der Waals surface area contributed by atoms with Gasteiger partial charge in [-0.2, -0.15) is 0 Å². The molecule has 3 heterocycles. The molecule has 0 amide bonds. The number of carboxylic acids is 1. The van der Waals surface area contributed by atoms with Gasteiger partial charge in [-0.25, -0.2) is 14.8 Å². The molecule has 5 rings (SSSR count). The zero-order valence-electron chi connectivity index (χ0n) is 17.5. The molecule has 1 saturated heterocycles. The van der Waals surface area contributed by atoms with Crippen LogP contribution in [-0.2, 0) is 7.05 Å². The van der Waals surface area contributed by atoms with Gasteiger partial charge in [0.1, 0.15) is 5.15 Å². The quantitative estimate of drug-likeness (QED) is 0.540. The van der Waals surface area contributed by atoms with Gasteiger partial charge in [-0.05, 0) is 49.4 Å². The first kappa shape index (κ1) is 21.0. The van der Waals surface area contributed by atoms with Crippen LogP contribution in [0.15, 0.2) is 29.1 Å². The van der Waals surface area contributed by atoms with Crippen molar-refractivity contribution in [3.8, 4) is 0 Å². The number of aromatic carboxylic acids is 1. The molecule has 1 saturated carbocycles. The SMILES string of the molecule is CC(Nc1ccc(Cl)nc1C(=O)O)c1cc(Cl)cc2c(=O)n(C)c(N3CC4CC4C3)nc12. The summed E-state index contributed by atoms with van der Waals surface area (Å²) in [6.45, 7) is 3.67. The molecule has 10 heteroatoms. The highest BCUT2D eigenvalue weighted by atomic mass is 35.5. The van der Waals surface area contributed by atoms with Crippen LogP contribution in [0.25, 0.3) is 10.9 Å². The zero-order chi connectivity index (χ0) is 22.7. The lowest BCUT2D eigenvalue weighted by Crippen LogP contribution is -2.31. The van der Waals surface area contributed by atoms with Gasteiger partial charge in [-0.3, -0.25) is 9.36 Å². The number of hydrogen-bond donors (Lipinski definition) is 2. The fourth-order valence-corrected chi connectivity index (χ4v) is 4.93. The second-order valence-electron chi connectivity index (χ2n) is 8.53. The van der Waals surface area contributed by atoms with E-state index in [1.54, 1.807) is 29.8 Å². The normalized spacial score (nSPS) is 20.3. The highest BCUT2D eigenvalue weighted by molar-refractivity contribution is 6.31. The van der Waals surface area contributed by atoms with Gasteiger partial charge < -0.3 is 15.3 Å². The maximum atomic E-state index is 13.2. The maximum absolute atomic E-state index is 13.2. The summed E-state index contributed by atoms with van der Waals surface area (Å²) in [5.74, 6) is 0.837. The van der Waals surface area contributed by atoms with Gasteiger partial charge in [0.05, 0.1) is 22.6 Å². The minimum Gasteiger partial charge on any atom is -0.476 e. The van der Waals surface area contributed by atoms with E-state index in [-0.39, 0.29) is 16.4 Å². The first-order chi connectivity index (χ1) is 15.2. The molecule has 3 unspecified atom stereocenters. The van der Waals surface area contributed by atoms with Gasteiger partial charge in [0.15, 0.2) is 5.69 Å². The van der Waals surface area contributed by atoms with Crippen molar-refractivity contribution in [2.75, 3.05) is 23.3 Å². The molecular weight excluding hydrogens is 453 g/mol. The van der Waals surface area contributed by atoms with Crippen molar-refractivity contribution in [3.05, 3.63) is 56.1 Å². The molecule has 8 nitrogen and oxygen atoms in total. The summed E-state index contributed by atoms with van der Waals surface area (Å²) < 4.78 is 1.58. The van der Waals surface area contributed by atoms with Crippen LogP contribution in [-0.4, -0.2) is 38.7 Å².